The number of nitrogens with zero attached hydrogens (tertiary/aromatic N) is 1. The first-order valence-corrected chi connectivity index (χ1v) is 11.1. The first-order valence-electron chi connectivity index (χ1n) is 10.7. The quantitative estimate of drug-likeness (QED) is 0.575. The molecule has 7 rings (SSSR count). The molecule has 3 amide bonds. The van der Waals surface area contributed by atoms with Gasteiger partial charge in [0.2, 0.25) is 11.8 Å². The van der Waals surface area contributed by atoms with Crippen LogP contribution in [0.1, 0.15) is 22.3 Å². The van der Waals surface area contributed by atoms with Crippen LogP contribution in [0.2, 0.25) is 5.02 Å². The number of halogens is 1. The lowest BCUT2D eigenvalue weighted by Crippen LogP contribution is -2.40. The predicted octanol–water partition coefficient (Wildman–Crippen LogP) is 4.46. The Kier molecular flexibility index (Phi) is 3.97. The molecule has 6 heteroatoms. The summed E-state index contributed by atoms with van der Waals surface area (Å²) in [6.07, 6.45) is 5.41. The van der Waals surface area contributed by atoms with Gasteiger partial charge in [-0.25, -0.2) is 4.90 Å². The number of carbonyl (C=O) groups is 3. The molecule has 1 saturated heterocycles. The van der Waals surface area contributed by atoms with Crippen molar-refractivity contribution in [3.8, 4) is 0 Å². The number of aryl methyl sites for hydroxylation is 1. The number of hydrogen-bond donors (Lipinski definition) is 1. The number of benzene rings is 2. The van der Waals surface area contributed by atoms with Gasteiger partial charge < -0.3 is 5.32 Å². The molecule has 4 aliphatic carbocycles. The number of anilines is 2. The molecule has 31 heavy (non-hydrogen) atoms. The fourth-order valence-electron chi connectivity index (χ4n) is 5.97. The second kappa shape index (κ2) is 6.54. The number of amides is 3. The lowest BCUT2D eigenvalue weighted by molar-refractivity contribution is -0.124. The fraction of sp³-hybridized carbons (Fsp3) is 0.320. The van der Waals surface area contributed by atoms with Crippen molar-refractivity contribution in [1.29, 1.82) is 0 Å². The van der Waals surface area contributed by atoms with E-state index in [4.69, 9.17) is 11.6 Å². The number of rotatable bonds is 3. The van der Waals surface area contributed by atoms with E-state index in [2.05, 4.69) is 17.5 Å². The number of carbonyl (C=O) groups excluding carboxylic acids is 3. The van der Waals surface area contributed by atoms with Gasteiger partial charge in [0.25, 0.3) is 5.91 Å². The number of para-hydroxylation sites is 1. The normalized spacial score (nSPS) is 32.1. The summed E-state index contributed by atoms with van der Waals surface area (Å²) in [4.78, 5) is 41.4. The molecule has 5 aliphatic rings. The Morgan fingerprint density at radius 3 is 2.32 bits per heavy atom. The highest BCUT2D eigenvalue weighted by atomic mass is 35.5. The van der Waals surface area contributed by atoms with Crippen LogP contribution < -0.4 is 10.2 Å². The molecule has 2 aromatic carbocycles. The van der Waals surface area contributed by atoms with E-state index in [0.29, 0.717) is 33.8 Å². The summed E-state index contributed by atoms with van der Waals surface area (Å²) in [6, 6.07) is 12.1. The van der Waals surface area contributed by atoms with Crippen LogP contribution in [0.5, 0.6) is 0 Å². The zero-order valence-corrected chi connectivity index (χ0v) is 17.7. The Labute approximate surface area is 185 Å². The Hall–Kier alpha value is -2.92. The maximum atomic E-state index is 13.5. The molecule has 2 saturated carbocycles. The lowest BCUT2D eigenvalue weighted by atomic mass is 9.63. The molecule has 0 aromatic heterocycles. The van der Waals surface area contributed by atoms with Gasteiger partial charge in [-0.1, -0.05) is 42.0 Å². The van der Waals surface area contributed by atoms with E-state index >= 15 is 0 Å². The molecular formula is C25H21ClN2O3. The second-order valence-electron chi connectivity index (χ2n) is 9.10. The van der Waals surface area contributed by atoms with Crippen molar-refractivity contribution in [2.45, 2.75) is 13.3 Å². The van der Waals surface area contributed by atoms with Crippen molar-refractivity contribution in [1.82, 2.24) is 0 Å². The van der Waals surface area contributed by atoms with Gasteiger partial charge in [0.1, 0.15) is 0 Å². The third-order valence-corrected chi connectivity index (χ3v) is 7.74. The largest absolute Gasteiger partial charge is 0.322 e. The summed E-state index contributed by atoms with van der Waals surface area (Å²) >= 11 is 6.08. The standard InChI is InChI=1S/C25H21ClN2O3/c1-12-6-7-13(26)10-19(12)27-23(29)16-4-2-3-5-20(16)28-24(30)21-14-8-9-15(18-11-17(14)18)22(21)25(28)31/h2-10,14-15,17-18,21-22H,11H2,1H3,(H,27,29)/t14-,15-,17-,18+,21-,22-/m1/s1. The molecule has 0 spiro atoms. The van der Waals surface area contributed by atoms with Crippen molar-refractivity contribution < 1.29 is 14.4 Å². The van der Waals surface area contributed by atoms with Crippen molar-refractivity contribution >= 4 is 40.7 Å². The van der Waals surface area contributed by atoms with Gasteiger partial charge in [0, 0.05) is 10.7 Å². The topological polar surface area (TPSA) is 66.5 Å². The maximum absolute atomic E-state index is 13.5. The van der Waals surface area contributed by atoms with E-state index in [9.17, 15) is 14.4 Å². The molecule has 2 aromatic rings. The maximum Gasteiger partial charge on any atom is 0.257 e. The summed E-state index contributed by atoms with van der Waals surface area (Å²) in [5.74, 6) is 0.0796. The molecule has 2 bridgehead atoms. The molecule has 0 unspecified atom stereocenters. The van der Waals surface area contributed by atoms with Crippen LogP contribution in [0, 0.1) is 42.4 Å². The Morgan fingerprint density at radius 1 is 1.00 bits per heavy atom. The first-order chi connectivity index (χ1) is 15.0. The van der Waals surface area contributed by atoms with Crippen LogP contribution in [-0.2, 0) is 9.59 Å². The predicted molar refractivity (Wildman–Crippen MR) is 118 cm³/mol. The van der Waals surface area contributed by atoms with Crippen LogP contribution in [-0.4, -0.2) is 17.7 Å². The average molecular weight is 433 g/mol. The van der Waals surface area contributed by atoms with Crippen LogP contribution in [0.25, 0.3) is 0 Å². The SMILES string of the molecule is Cc1ccc(Cl)cc1NC(=O)c1ccccc1N1C(=O)[C@@H]2[C@@H]3C=C[C@H]([C@@H]4C[C@H]34)[C@H]2C1=O. The number of hydrogen-bond acceptors (Lipinski definition) is 3. The Balaban J connectivity index is 1.35. The van der Waals surface area contributed by atoms with E-state index < -0.39 is 0 Å². The third kappa shape index (κ3) is 2.66. The summed E-state index contributed by atoms with van der Waals surface area (Å²) in [5.41, 5.74) is 2.13. The van der Waals surface area contributed by atoms with Gasteiger partial charge in [-0.2, -0.15) is 0 Å². The van der Waals surface area contributed by atoms with Crippen LogP contribution in [0.15, 0.2) is 54.6 Å². The summed E-state index contributed by atoms with van der Waals surface area (Å²) in [5, 5.41) is 3.40. The monoisotopic (exact) mass is 432 g/mol. The summed E-state index contributed by atoms with van der Waals surface area (Å²) in [6.45, 7) is 1.88. The Morgan fingerprint density at radius 2 is 1.65 bits per heavy atom. The highest BCUT2D eigenvalue weighted by molar-refractivity contribution is 6.31. The molecule has 3 fully saturated rings. The van der Waals surface area contributed by atoms with Gasteiger partial charge >= 0.3 is 0 Å². The van der Waals surface area contributed by atoms with Crippen LogP contribution in [0.3, 0.4) is 0 Å². The van der Waals surface area contributed by atoms with Gasteiger partial charge in [-0.05, 0) is 66.8 Å². The number of imide groups is 1. The zero-order chi connectivity index (χ0) is 21.4. The lowest BCUT2D eigenvalue weighted by Gasteiger charge is -2.37. The smallest absolute Gasteiger partial charge is 0.257 e. The van der Waals surface area contributed by atoms with Crippen LogP contribution in [0.4, 0.5) is 11.4 Å². The molecular weight excluding hydrogens is 412 g/mol. The van der Waals surface area contributed by atoms with E-state index in [1.807, 2.05) is 13.0 Å². The van der Waals surface area contributed by atoms with Crippen molar-refractivity contribution in [3.05, 3.63) is 70.8 Å². The zero-order valence-electron chi connectivity index (χ0n) is 16.9. The second-order valence-corrected chi connectivity index (χ2v) is 9.53. The van der Waals surface area contributed by atoms with Crippen molar-refractivity contribution in [2.24, 2.45) is 35.5 Å². The third-order valence-electron chi connectivity index (χ3n) is 7.50. The highest BCUT2D eigenvalue weighted by Crippen LogP contribution is 2.65. The molecule has 6 atom stereocenters. The molecule has 1 N–H and O–H groups in total. The van der Waals surface area contributed by atoms with Gasteiger partial charge in [-0.3, -0.25) is 14.4 Å². The highest BCUT2D eigenvalue weighted by Gasteiger charge is 2.67. The fourth-order valence-corrected chi connectivity index (χ4v) is 6.15. The van der Waals surface area contributed by atoms with Crippen LogP contribution >= 0.6 is 11.6 Å². The van der Waals surface area contributed by atoms with Gasteiger partial charge in [-0.15, -0.1) is 0 Å². The van der Waals surface area contributed by atoms with E-state index in [-0.39, 0.29) is 41.4 Å². The van der Waals surface area contributed by atoms with E-state index in [0.717, 1.165) is 12.0 Å². The minimum atomic E-state index is -0.375. The van der Waals surface area contributed by atoms with E-state index in [1.165, 1.54) is 4.90 Å². The van der Waals surface area contributed by atoms with E-state index in [1.54, 1.807) is 36.4 Å². The van der Waals surface area contributed by atoms with Gasteiger partial charge in [0.15, 0.2) is 0 Å². The Bertz CT molecular complexity index is 1150. The molecule has 0 radical (unpaired) electrons. The van der Waals surface area contributed by atoms with Crippen molar-refractivity contribution in [2.75, 3.05) is 10.2 Å². The summed E-state index contributed by atoms with van der Waals surface area (Å²) < 4.78 is 0. The minimum Gasteiger partial charge on any atom is -0.322 e. The number of allylic oxidation sites excluding steroid dienone is 2. The average Bonchev–Trinajstić information content (AvgIpc) is 3.54. The molecule has 156 valence electrons. The minimum absolute atomic E-state index is 0.150. The number of nitrogens with one attached hydrogen (secondary N) is 1. The van der Waals surface area contributed by atoms with Gasteiger partial charge in [0.05, 0.1) is 23.1 Å². The summed E-state index contributed by atoms with van der Waals surface area (Å²) in [7, 11) is 0. The molecule has 1 aliphatic heterocycles. The molecule has 1 heterocycles. The molecule has 5 nitrogen and oxygen atoms in total. The first kappa shape index (κ1) is 18.8. The van der Waals surface area contributed by atoms with Crippen molar-refractivity contribution in [3.63, 3.8) is 0 Å².